The Hall–Kier alpha value is -1.20. The molecule has 0 spiro atoms. The van der Waals surface area contributed by atoms with Gasteiger partial charge in [-0.25, -0.2) is 9.97 Å². The third-order valence-corrected chi connectivity index (χ3v) is 3.60. The lowest BCUT2D eigenvalue weighted by Crippen LogP contribution is -2.48. The van der Waals surface area contributed by atoms with Gasteiger partial charge in [-0.2, -0.15) is 0 Å². The van der Waals surface area contributed by atoms with Crippen LogP contribution in [0.3, 0.4) is 0 Å². The van der Waals surface area contributed by atoms with Gasteiger partial charge in [0, 0.05) is 32.3 Å². The van der Waals surface area contributed by atoms with Crippen LogP contribution in [0.5, 0.6) is 0 Å². The molecule has 0 aromatic carbocycles. The summed E-state index contributed by atoms with van der Waals surface area (Å²) in [7, 11) is 1.71. The molecule has 104 valence electrons. The van der Waals surface area contributed by atoms with Crippen molar-refractivity contribution in [2.75, 3.05) is 31.7 Å². The predicted molar refractivity (Wildman–Crippen MR) is 72.4 cm³/mol. The smallest absolute Gasteiger partial charge is 0.133 e. The van der Waals surface area contributed by atoms with Crippen molar-refractivity contribution in [2.24, 2.45) is 0 Å². The first-order valence-corrected chi connectivity index (χ1v) is 6.98. The molecule has 3 rings (SSSR count). The van der Waals surface area contributed by atoms with Crippen LogP contribution in [0.4, 0.5) is 5.82 Å². The van der Waals surface area contributed by atoms with Crippen LogP contribution in [0.25, 0.3) is 0 Å². The molecule has 0 N–H and O–H groups in total. The van der Waals surface area contributed by atoms with E-state index in [1.54, 1.807) is 7.11 Å². The summed E-state index contributed by atoms with van der Waals surface area (Å²) in [5, 5.41) is 0. The van der Waals surface area contributed by atoms with Crippen molar-refractivity contribution in [3.8, 4) is 0 Å². The first-order valence-electron chi connectivity index (χ1n) is 6.98. The molecule has 1 aromatic heterocycles. The minimum Gasteiger partial charge on any atom is -0.382 e. The summed E-state index contributed by atoms with van der Waals surface area (Å²) in [4.78, 5) is 11.4. The van der Waals surface area contributed by atoms with Crippen LogP contribution in [0.15, 0.2) is 12.3 Å². The van der Waals surface area contributed by atoms with Gasteiger partial charge in [0.2, 0.25) is 0 Å². The Kier molecular flexibility index (Phi) is 3.66. The lowest BCUT2D eigenvalue weighted by Gasteiger charge is -2.37. The van der Waals surface area contributed by atoms with Crippen molar-refractivity contribution in [2.45, 2.75) is 37.9 Å². The standard InChI is InChI=1S/C14H21N3O2/c1-10-7-17(8-12(19-10)9-18-2)13-5-6-15-14(16-13)11-3-4-11/h5-6,10-12H,3-4,7-9H2,1-2H3. The van der Waals surface area contributed by atoms with Crippen LogP contribution in [-0.2, 0) is 9.47 Å². The van der Waals surface area contributed by atoms with E-state index in [1.165, 1.54) is 12.8 Å². The van der Waals surface area contributed by atoms with Gasteiger partial charge in [-0.1, -0.05) is 0 Å². The molecule has 2 atom stereocenters. The molecule has 1 aliphatic heterocycles. The SMILES string of the molecule is COCC1CN(c2ccnc(C3CC3)n2)CC(C)O1. The summed E-state index contributed by atoms with van der Waals surface area (Å²) in [6.45, 7) is 4.43. The van der Waals surface area contributed by atoms with Crippen molar-refractivity contribution in [3.63, 3.8) is 0 Å². The quantitative estimate of drug-likeness (QED) is 0.825. The van der Waals surface area contributed by atoms with E-state index in [-0.39, 0.29) is 12.2 Å². The molecular formula is C14H21N3O2. The van der Waals surface area contributed by atoms with Crippen molar-refractivity contribution in [1.29, 1.82) is 0 Å². The van der Waals surface area contributed by atoms with Gasteiger partial charge in [-0.05, 0) is 25.8 Å². The average Bonchev–Trinajstić information content (AvgIpc) is 3.23. The number of methoxy groups -OCH3 is 1. The largest absolute Gasteiger partial charge is 0.382 e. The van der Waals surface area contributed by atoms with Crippen molar-refractivity contribution in [3.05, 3.63) is 18.1 Å². The normalized spacial score (nSPS) is 27.6. The molecular weight excluding hydrogens is 242 g/mol. The van der Waals surface area contributed by atoms with E-state index < -0.39 is 0 Å². The summed E-state index contributed by atoms with van der Waals surface area (Å²) in [5.41, 5.74) is 0. The zero-order valence-corrected chi connectivity index (χ0v) is 11.6. The molecule has 0 bridgehead atoms. The Balaban J connectivity index is 1.74. The number of hydrogen-bond acceptors (Lipinski definition) is 5. The Labute approximate surface area is 113 Å². The van der Waals surface area contributed by atoms with Crippen LogP contribution in [0, 0.1) is 0 Å². The molecule has 19 heavy (non-hydrogen) atoms. The highest BCUT2D eigenvalue weighted by molar-refractivity contribution is 5.39. The summed E-state index contributed by atoms with van der Waals surface area (Å²) < 4.78 is 11.1. The number of rotatable bonds is 4. The first kappa shape index (κ1) is 12.8. The first-order chi connectivity index (χ1) is 9.26. The molecule has 2 fully saturated rings. The van der Waals surface area contributed by atoms with E-state index in [2.05, 4.69) is 16.8 Å². The van der Waals surface area contributed by atoms with Gasteiger partial charge < -0.3 is 14.4 Å². The third kappa shape index (κ3) is 3.04. The second-order valence-electron chi connectivity index (χ2n) is 5.48. The van der Waals surface area contributed by atoms with Crippen LogP contribution in [0.1, 0.15) is 31.5 Å². The van der Waals surface area contributed by atoms with Gasteiger partial charge in [0.15, 0.2) is 0 Å². The minimum absolute atomic E-state index is 0.119. The highest BCUT2D eigenvalue weighted by Gasteiger charge is 2.29. The monoisotopic (exact) mass is 263 g/mol. The lowest BCUT2D eigenvalue weighted by atomic mass is 10.2. The van der Waals surface area contributed by atoms with Gasteiger partial charge >= 0.3 is 0 Å². The Morgan fingerprint density at radius 1 is 1.42 bits per heavy atom. The number of ether oxygens (including phenoxy) is 2. The minimum atomic E-state index is 0.119. The van der Waals surface area contributed by atoms with Crippen molar-refractivity contribution >= 4 is 5.82 Å². The topological polar surface area (TPSA) is 47.5 Å². The summed E-state index contributed by atoms with van der Waals surface area (Å²) in [6, 6.07) is 1.99. The van der Waals surface area contributed by atoms with E-state index in [0.29, 0.717) is 12.5 Å². The third-order valence-electron chi connectivity index (χ3n) is 3.60. The van der Waals surface area contributed by atoms with Gasteiger partial charge in [-0.15, -0.1) is 0 Å². The van der Waals surface area contributed by atoms with Crippen LogP contribution < -0.4 is 4.90 Å². The number of aromatic nitrogens is 2. The van der Waals surface area contributed by atoms with E-state index in [1.807, 2.05) is 12.3 Å². The number of nitrogens with zero attached hydrogens (tertiary/aromatic N) is 3. The van der Waals surface area contributed by atoms with Gasteiger partial charge in [0.05, 0.1) is 18.8 Å². The van der Waals surface area contributed by atoms with Crippen LogP contribution >= 0.6 is 0 Å². The van der Waals surface area contributed by atoms with Crippen LogP contribution in [0.2, 0.25) is 0 Å². The van der Waals surface area contributed by atoms with Gasteiger partial charge in [0.1, 0.15) is 11.6 Å². The maximum Gasteiger partial charge on any atom is 0.133 e. The van der Waals surface area contributed by atoms with Crippen molar-refractivity contribution < 1.29 is 9.47 Å². The summed E-state index contributed by atoms with van der Waals surface area (Å²) in [5.74, 6) is 2.61. The number of anilines is 1. The lowest BCUT2D eigenvalue weighted by molar-refractivity contribution is -0.0512. The van der Waals surface area contributed by atoms with Gasteiger partial charge in [0.25, 0.3) is 0 Å². The maximum absolute atomic E-state index is 5.86. The second kappa shape index (κ2) is 5.43. The molecule has 2 aliphatic rings. The molecule has 0 amide bonds. The van der Waals surface area contributed by atoms with E-state index in [9.17, 15) is 0 Å². The molecule has 5 nitrogen and oxygen atoms in total. The summed E-state index contributed by atoms with van der Waals surface area (Å²) >= 11 is 0. The molecule has 2 heterocycles. The summed E-state index contributed by atoms with van der Waals surface area (Å²) in [6.07, 6.45) is 4.66. The fraction of sp³-hybridized carbons (Fsp3) is 0.714. The number of morpholine rings is 1. The highest BCUT2D eigenvalue weighted by atomic mass is 16.5. The molecule has 1 aromatic rings. The van der Waals surface area contributed by atoms with Crippen LogP contribution in [-0.4, -0.2) is 49.0 Å². The van der Waals surface area contributed by atoms with E-state index in [0.717, 1.165) is 24.7 Å². The fourth-order valence-corrected chi connectivity index (χ4v) is 2.59. The molecule has 1 aliphatic carbocycles. The molecule has 0 radical (unpaired) electrons. The molecule has 5 heteroatoms. The van der Waals surface area contributed by atoms with E-state index in [4.69, 9.17) is 14.5 Å². The molecule has 2 unspecified atom stereocenters. The van der Waals surface area contributed by atoms with E-state index >= 15 is 0 Å². The fourth-order valence-electron chi connectivity index (χ4n) is 2.59. The number of hydrogen-bond donors (Lipinski definition) is 0. The maximum atomic E-state index is 5.86. The Bertz CT molecular complexity index is 436. The zero-order valence-electron chi connectivity index (χ0n) is 11.6. The van der Waals surface area contributed by atoms with Gasteiger partial charge in [-0.3, -0.25) is 0 Å². The highest BCUT2D eigenvalue weighted by Crippen LogP contribution is 2.38. The average molecular weight is 263 g/mol. The second-order valence-corrected chi connectivity index (χ2v) is 5.48. The van der Waals surface area contributed by atoms with Crippen molar-refractivity contribution in [1.82, 2.24) is 9.97 Å². The zero-order chi connectivity index (χ0) is 13.2. The predicted octanol–water partition coefficient (Wildman–Crippen LogP) is 1.59. The molecule has 1 saturated heterocycles. The molecule has 1 saturated carbocycles. The Morgan fingerprint density at radius 3 is 3.00 bits per heavy atom. The Morgan fingerprint density at radius 2 is 2.26 bits per heavy atom.